The molecule has 1 aromatic carbocycles. The number of benzene rings is 1. The number of aromatic hydroxyl groups is 1. The summed E-state index contributed by atoms with van der Waals surface area (Å²) in [7, 11) is 3.07. The smallest absolute Gasteiger partial charge is 0.259 e. The molecule has 0 saturated carbocycles. The van der Waals surface area contributed by atoms with Gasteiger partial charge in [0.15, 0.2) is 5.69 Å². The number of hydrogen-bond donors (Lipinski definition) is 1. The van der Waals surface area contributed by atoms with Crippen LogP contribution in [0.1, 0.15) is 0 Å². The second kappa shape index (κ2) is 5.91. The van der Waals surface area contributed by atoms with Crippen molar-refractivity contribution in [3.8, 4) is 22.9 Å². The zero-order valence-electron chi connectivity index (χ0n) is 12.5. The summed E-state index contributed by atoms with van der Waals surface area (Å²) in [6, 6.07) is 6.09. The van der Waals surface area contributed by atoms with E-state index in [-0.39, 0.29) is 23.0 Å². The minimum Gasteiger partial charge on any atom is -0.507 e. The molecule has 8 heteroatoms. The van der Waals surface area contributed by atoms with Gasteiger partial charge in [-0.1, -0.05) is 4.48 Å². The van der Waals surface area contributed by atoms with Crippen molar-refractivity contribution < 1.29 is 14.3 Å². The topological polar surface area (TPSA) is 76.3 Å². The SMILES string of the molecule is COc1nn(C)cc1N(F)c1ccc(-c2ccncn2)c(O)c1. The highest BCUT2D eigenvalue weighted by Crippen LogP contribution is 2.37. The fourth-order valence-corrected chi connectivity index (χ4v) is 2.18. The largest absolute Gasteiger partial charge is 0.507 e. The van der Waals surface area contributed by atoms with Gasteiger partial charge in [-0.05, 0) is 18.2 Å². The van der Waals surface area contributed by atoms with Gasteiger partial charge in [0.25, 0.3) is 5.88 Å². The third kappa shape index (κ3) is 2.78. The fraction of sp³-hybridized carbons (Fsp3) is 0.133. The lowest BCUT2D eigenvalue weighted by molar-refractivity contribution is 0.386. The van der Waals surface area contributed by atoms with E-state index >= 15 is 0 Å². The molecule has 0 atom stereocenters. The van der Waals surface area contributed by atoms with E-state index in [1.165, 1.54) is 36.4 Å². The quantitative estimate of drug-likeness (QED) is 0.746. The van der Waals surface area contributed by atoms with Crippen LogP contribution >= 0.6 is 0 Å². The van der Waals surface area contributed by atoms with Crippen molar-refractivity contribution in [3.63, 3.8) is 0 Å². The molecule has 0 aliphatic rings. The van der Waals surface area contributed by atoms with Crippen molar-refractivity contribution in [2.75, 3.05) is 12.2 Å². The Bertz CT molecular complexity index is 822. The molecular formula is C15H14FN5O2. The standard InChI is InChI=1S/C15H14FN5O2/c1-20-8-13(15(19-20)23-2)21(16)10-3-4-11(14(22)7-10)12-5-6-17-9-18-12/h3-9,22H,1-2H3. The molecule has 118 valence electrons. The molecular weight excluding hydrogens is 301 g/mol. The molecule has 0 fully saturated rings. The van der Waals surface area contributed by atoms with Crippen molar-refractivity contribution in [1.82, 2.24) is 19.7 Å². The number of aromatic nitrogens is 4. The van der Waals surface area contributed by atoms with Crippen LogP contribution in [0.2, 0.25) is 0 Å². The van der Waals surface area contributed by atoms with E-state index in [0.717, 1.165) is 0 Å². The molecule has 0 radical (unpaired) electrons. The summed E-state index contributed by atoms with van der Waals surface area (Å²) in [5.41, 5.74) is 1.33. The number of ether oxygens (including phenoxy) is 1. The van der Waals surface area contributed by atoms with Gasteiger partial charge in [0.05, 0.1) is 24.7 Å². The van der Waals surface area contributed by atoms with Crippen LogP contribution in [-0.2, 0) is 7.05 Å². The minimum absolute atomic E-state index is 0.0910. The highest BCUT2D eigenvalue weighted by Gasteiger charge is 2.19. The molecule has 0 amide bonds. The summed E-state index contributed by atoms with van der Waals surface area (Å²) in [4.78, 5) is 7.88. The molecule has 1 N–H and O–H groups in total. The van der Waals surface area contributed by atoms with Crippen LogP contribution in [0.3, 0.4) is 0 Å². The number of phenolic OH excluding ortho intramolecular Hbond substituents is 1. The van der Waals surface area contributed by atoms with Crippen LogP contribution in [0.4, 0.5) is 15.9 Å². The first-order valence-electron chi connectivity index (χ1n) is 6.73. The monoisotopic (exact) mass is 315 g/mol. The van der Waals surface area contributed by atoms with E-state index in [1.807, 2.05) is 0 Å². The van der Waals surface area contributed by atoms with Gasteiger partial charge in [-0.3, -0.25) is 4.68 Å². The average molecular weight is 315 g/mol. The lowest BCUT2D eigenvalue weighted by Gasteiger charge is -2.14. The van der Waals surface area contributed by atoms with Crippen LogP contribution < -0.4 is 9.86 Å². The molecule has 0 aliphatic carbocycles. The first-order chi connectivity index (χ1) is 11.1. The van der Waals surface area contributed by atoms with Gasteiger partial charge in [-0.15, -0.1) is 5.10 Å². The number of anilines is 2. The zero-order valence-corrected chi connectivity index (χ0v) is 12.5. The number of halogens is 1. The van der Waals surface area contributed by atoms with Crippen LogP contribution in [0, 0.1) is 0 Å². The van der Waals surface area contributed by atoms with Gasteiger partial charge in [0.1, 0.15) is 12.1 Å². The predicted molar refractivity (Wildman–Crippen MR) is 82.1 cm³/mol. The van der Waals surface area contributed by atoms with Crippen molar-refractivity contribution in [1.29, 1.82) is 0 Å². The second-order valence-corrected chi connectivity index (χ2v) is 4.77. The van der Waals surface area contributed by atoms with E-state index in [1.54, 1.807) is 25.4 Å². The molecule has 0 aliphatic heterocycles. The van der Waals surface area contributed by atoms with Crippen molar-refractivity contribution >= 4 is 11.4 Å². The molecule has 0 unspecified atom stereocenters. The van der Waals surface area contributed by atoms with Crippen LogP contribution in [0.5, 0.6) is 11.6 Å². The summed E-state index contributed by atoms with van der Waals surface area (Å²) in [5.74, 6) is 0.0565. The number of phenols is 1. The minimum atomic E-state index is -0.0910. The van der Waals surface area contributed by atoms with Crippen LogP contribution in [-0.4, -0.2) is 32.0 Å². The average Bonchev–Trinajstić information content (AvgIpc) is 2.96. The lowest BCUT2D eigenvalue weighted by atomic mass is 10.1. The van der Waals surface area contributed by atoms with Gasteiger partial charge in [-0.25, -0.2) is 9.97 Å². The second-order valence-electron chi connectivity index (χ2n) is 4.77. The van der Waals surface area contributed by atoms with Crippen molar-refractivity contribution in [2.24, 2.45) is 7.05 Å². The number of methoxy groups -OCH3 is 1. The molecule has 7 nitrogen and oxygen atoms in total. The zero-order chi connectivity index (χ0) is 16.4. The maximum absolute atomic E-state index is 14.6. The summed E-state index contributed by atoms with van der Waals surface area (Å²) in [6.45, 7) is 0. The Labute approximate surface area is 131 Å². The first-order valence-corrected chi connectivity index (χ1v) is 6.73. The molecule has 2 heterocycles. The van der Waals surface area contributed by atoms with E-state index in [4.69, 9.17) is 4.74 Å². The van der Waals surface area contributed by atoms with Crippen LogP contribution in [0.25, 0.3) is 11.3 Å². The van der Waals surface area contributed by atoms with E-state index < -0.39 is 0 Å². The lowest BCUT2D eigenvalue weighted by Crippen LogP contribution is -2.04. The summed E-state index contributed by atoms with van der Waals surface area (Å²) >= 11 is 0. The summed E-state index contributed by atoms with van der Waals surface area (Å²) in [5, 5.41) is 14.6. The maximum Gasteiger partial charge on any atom is 0.259 e. The van der Waals surface area contributed by atoms with Gasteiger partial charge < -0.3 is 9.84 Å². The van der Waals surface area contributed by atoms with E-state index in [0.29, 0.717) is 16.4 Å². The summed E-state index contributed by atoms with van der Waals surface area (Å²) in [6.07, 6.45) is 4.43. The molecule has 0 bridgehead atoms. The van der Waals surface area contributed by atoms with E-state index in [2.05, 4.69) is 15.1 Å². The number of aryl methyl sites for hydroxylation is 1. The molecule has 23 heavy (non-hydrogen) atoms. The number of hydrogen-bond acceptors (Lipinski definition) is 6. The third-order valence-electron chi connectivity index (χ3n) is 3.25. The number of nitrogens with zero attached hydrogens (tertiary/aromatic N) is 5. The maximum atomic E-state index is 14.6. The van der Waals surface area contributed by atoms with Gasteiger partial charge >= 0.3 is 0 Å². The molecule has 2 aromatic heterocycles. The number of rotatable bonds is 4. The highest BCUT2D eigenvalue weighted by atomic mass is 19.2. The Kier molecular flexibility index (Phi) is 3.80. The van der Waals surface area contributed by atoms with E-state index in [9.17, 15) is 9.59 Å². The van der Waals surface area contributed by atoms with Crippen LogP contribution in [0.15, 0.2) is 43.0 Å². The normalized spacial score (nSPS) is 10.6. The molecule has 3 rings (SSSR count). The highest BCUT2D eigenvalue weighted by molar-refractivity contribution is 5.73. The van der Waals surface area contributed by atoms with Crippen molar-refractivity contribution in [2.45, 2.75) is 0 Å². The Morgan fingerprint density at radius 1 is 1.30 bits per heavy atom. The molecule has 3 aromatic rings. The Balaban J connectivity index is 1.96. The fourth-order valence-electron chi connectivity index (χ4n) is 2.18. The Hall–Kier alpha value is -3.16. The summed E-state index contributed by atoms with van der Waals surface area (Å²) < 4.78 is 21.1. The first kappa shape index (κ1) is 14.8. The Morgan fingerprint density at radius 3 is 2.78 bits per heavy atom. The van der Waals surface area contributed by atoms with Gasteiger partial charge in [0, 0.05) is 24.9 Å². The van der Waals surface area contributed by atoms with Gasteiger partial charge in [0.2, 0.25) is 0 Å². The third-order valence-corrected chi connectivity index (χ3v) is 3.25. The predicted octanol–water partition coefficient (Wildman–Crippen LogP) is 2.61. The molecule has 0 saturated heterocycles. The van der Waals surface area contributed by atoms with Gasteiger partial charge in [-0.2, -0.15) is 5.12 Å². The Morgan fingerprint density at radius 2 is 2.13 bits per heavy atom. The van der Waals surface area contributed by atoms with Crippen molar-refractivity contribution in [3.05, 3.63) is 43.0 Å². The molecule has 0 spiro atoms.